The van der Waals surface area contributed by atoms with Crippen molar-refractivity contribution in [3.8, 4) is 0 Å². The van der Waals surface area contributed by atoms with Crippen LogP contribution in [0.4, 0.5) is 4.39 Å². The third-order valence-corrected chi connectivity index (χ3v) is 3.23. The fourth-order valence-corrected chi connectivity index (χ4v) is 2.38. The molecule has 0 aromatic rings. The van der Waals surface area contributed by atoms with Gasteiger partial charge in [-0.05, 0) is 44.6 Å². The van der Waals surface area contributed by atoms with E-state index in [1.165, 1.54) is 0 Å². The van der Waals surface area contributed by atoms with E-state index in [0.717, 1.165) is 32.5 Å². The van der Waals surface area contributed by atoms with Gasteiger partial charge in [-0.25, -0.2) is 4.39 Å². The molecule has 0 radical (unpaired) electrons. The van der Waals surface area contributed by atoms with E-state index in [-0.39, 0.29) is 6.61 Å². The molecule has 4 heteroatoms. The molecule has 0 aromatic heterocycles. The van der Waals surface area contributed by atoms with Crippen molar-refractivity contribution in [2.24, 2.45) is 11.7 Å². The zero-order valence-corrected chi connectivity index (χ0v) is 10.2. The quantitative estimate of drug-likeness (QED) is 0.730. The van der Waals surface area contributed by atoms with E-state index >= 15 is 0 Å². The predicted octanol–water partition coefficient (Wildman–Crippen LogP) is 1.90. The van der Waals surface area contributed by atoms with Gasteiger partial charge >= 0.3 is 0 Å². The Morgan fingerprint density at radius 1 is 1.44 bits per heavy atom. The van der Waals surface area contributed by atoms with Crippen LogP contribution in [0.5, 0.6) is 0 Å². The molecule has 0 spiro atoms. The molecule has 0 aromatic carbocycles. The Labute approximate surface area is 97.5 Å². The Hall–Kier alpha value is -0.190. The van der Waals surface area contributed by atoms with E-state index in [2.05, 4.69) is 0 Å². The maximum absolute atomic E-state index is 14.5. The van der Waals surface area contributed by atoms with Crippen LogP contribution in [0.2, 0.25) is 0 Å². The molecule has 1 unspecified atom stereocenters. The Bertz CT molecular complexity index is 186. The average molecular weight is 233 g/mol. The van der Waals surface area contributed by atoms with E-state index in [9.17, 15) is 4.39 Å². The lowest BCUT2D eigenvalue weighted by molar-refractivity contribution is -0.00839. The summed E-state index contributed by atoms with van der Waals surface area (Å²) in [6.45, 7) is 2.27. The Morgan fingerprint density at radius 3 is 2.69 bits per heavy atom. The number of alkyl halides is 1. The summed E-state index contributed by atoms with van der Waals surface area (Å²) >= 11 is 0. The summed E-state index contributed by atoms with van der Waals surface area (Å²) in [5.41, 5.74) is 4.24. The van der Waals surface area contributed by atoms with Crippen LogP contribution in [0, 0.1) is 5.92 Å². The minimum atomic E-state index is -1.20. The minimum Gasteiger partial charge on any atom is -0.381 e. The van der Waals surface area contributed by atoms with Crippen LogP contribution < -0.4 is 5.73 Å². The van der Waals surface area contributed by atoms with Crippen LogP contribution in [0.15, 0.2) is 0 Å². The standard InChI is InChI=1S/C12H24FNO2/c1-15-10-12(13,5-2-6-14)9-11-3-7-16-8-4-11/h11H,2-10,14H2,1H3. The van der Waals surface area contributed by atoms with Crippen molar-refractivity contribution in [2.75, 3.05) is 33.5 Å². The van der Waals surface area contributed by atoms with Crippen LogP contribution in [-0.4, -0.2) is 39.1 Å². The number of halogens is 1. The molecule has 0 bridgehead atoms. The molecule has 3 nitrogen and oxygen atoms in total. The maximum Gasteiger partial charge on any atom is 0.134 e. The van der Waals surface area contributed by atoms with Gasteiger partial charge in [-0.3, -0.25) is 0 Å². The molecule has 1 atom stereocenters. The van der Waals surface area contributed by atoms with Crippen LogP contribution in [0.3, 0.4) is 0 Å². The van der Waals surface area contributed by atoms with Gasteiger partial charge in [0.15, 0.2) is 0 Å². The first-order valence-corrected chi connectivity index (χ1v) is 6.16. The highest BCUT2D eigenvalue weighted by atomic mass is 19.1. The van der Waals surface area contributed by atoms with Gasteiger partial charge in [0.25, 0.3) is 0 Å². The van der Waals surface area contributed by atoms with Crippen LogP contribution in [-0.2, 0) is 9.47 Å². The highest BCUT2D eigenvalue weighted by Gasteiger charge is 2.33. The topological polar surface area (TPSA) is 44.5 Å². The summed E-state index contributed by atoms with van der Waals surface area (Å²) in [7, 11) is 1.56. The van der Waals surface area contributed by atoms with Crippen molar-refractivity contribution in [1.29, 1.82) is 0 Å². The minimum absolute atomic E-state index is 0.185. The van der Waals surface area contributed by atoms with E-state index < -0.39 is 5.67 Å². The second kappa shape index (κ2) is 7.20. The van der Waals surface area contributed by atoms with Gasteiger partial charge in [0.2, 0.25) is 0 Å². The van der Waals surface area contributed by atoms with Gasteiger partial charge in [0.1, 0.15) is 5.67 Å². The SMILES string of the molecule is COCC(F)(CCCN)CC1CCOCC1. The van der Waals surface area contributed by atoms with E-state index in [1.807, 2.05) is 0 Å². The summed E-state index contributed by atoms with van der Waals surface area (Å²) in [5.74, 6) is 0.437. The van der Waals surface area contributed by atoms with Crippen molar-refractivity contribution in [3.63, 3.8) is 0 Å². The molecule has 1 heterocycles. The molecule has 1 aliphatic rings. The first kappa shape index (κ1) is 13.9. The molecule has 16 heavy (non-hydrogen) atoms. The Morgan fingerprint density at radius 2 is 2.12 bits per heavy atom. The van der Waals surface area contributed by atoms with Crippen molar-refractivity contribution < 1.29 is 13.9 Å². The summed E-state index contributed by atoms with van der Waals surface area (Å²) in [6.07, 6.45) is 3.76. The highest BCUT2D eigenvalue weighted by Crippen LogP contribution is 2.31. The smallest absolute Gasteiger partial charge is 0.134 e. The first-order chi connectivity index (χ1) is 7.70. The van der Waals surface area contributed by atoms with Crippen molar-refractivity contribution in [1.82, 2.24) is 0 Å². The molecule has 1 fully saturated rings. The lowest BCUT2D eigenvalue weighted by Gasteiger charge is -2.31. The zero-order chi connectivity index (χ0) is 11.9. The monoisotopic (exact) mass is 233 g/mol. The lowest BCUT2D eigenvalue weighted by atomic mass is 9.85. The number of hydrogen-bond donors (Lipinski definition) is 1. The van der Waals surface area contributed by atoms with Crippen molar-refractivity contribution >= 4 is 0 Å². The second-order valence-corrected chi connectivity index (χ2v) is 4.74. The van der Waals surface area contributed by atoms with E-state index in [4.69, 9.17) is 15.2 Å². The predicted molar refractivity (Wildman–Crippen MR) is 62.2 cm³/mol. The molecule has 0 amide bonds. The fraction of sp³-hybridized carbons (Fsp3) is 1.00. The highest BCUT2D eigenvalue weighted by molar-refractivity contribution is 4.83. The van der Waals surface area contributed by atoms with Gasteiger partial charge in [-0.2, -0.15) is 0 Å². The molecule has 2 N–H and O–H groups in total. The van der Waals surface area contributed by atoms with Crippen LogP contribution >= 0.6 is 0 Å². The van der Waals surface area contributed by atoms with E-state index in [1.54, 1.807) is 7.11 Å². The first-order valence-electron chi connectivity index (χ1n) is 6.16. The van der Waals surface area contributed by atoms with E-state index in [0.29, 0.717) is 25.3 Å². The van der Waals surface area contributed by atoms with Gasteiger partial charge < -0.3 is 15.2 Å². The fourth-order valence-electron chi connectivity index (χ4n) is 2.38. The molecule has 1 rings (SSSR count). The molecule has 0 aliphatic carbocycles. The summed E-state index contributed by atoms with van der Waals surface area (Å²) in [4.78, 5) is 0. The van der Waals surface area contributed by atoms with Crippen molar-refractivity contribution in [2.45, 2.75) is 37.8 Å². The van der Waals surface area contributed by atoms with Crippen LogP contribution in [0.1, 0.15) is 32.1 Å². The average Bonchev–Trinajstić information content (AvgIpc) is 2.28. The lowest BCUT2D eigenvalue weighted by Crippen LogP contribution is -2.34. The molecule has 1 saturated heterocycles. The van der Waals surface area contributed by atoms with Gasteiger partial charge in [0, 0.05) is 20.3 Å². The molecule has 0 saturated carbocycles. The number of rotatable bonds is 7. The third-order valence-electron chi connectivity index (χ3n) is 3.23. The Balaban J connectivity index is 2.40. The van der Waals surface area contributed by atoms with Gasteiger partial charge in [-0.15, -0.1) is 0 Å². The molecular weight excluding hydrogens is 209 g/mol. The van der Waals surface area contributed by atoms with Gasteiger partial charge in [0.05, 0.1) is 6.61 Å². The number of hydrogen-bond acceptors (Lipinski definition) is 3. The summed E-state index contributed by atoms with van der Waals surface area (Å²) < 4.78 is 24.8. The normalized spacial score (nSPS) is 21.9. The third kappa shape index (κ3) is 4.76. The Kier molecular flexibility index (Phi) is 6.24. The summed E-state index contributed by atoms with van der Waals surface area (Å²) in [5, 5.41) is 0. The maximum atomic E-state index is 14.5. The largest absolute Gasteiger partial charge is 0.381 e. The number of ether oxygens (including phenoxy) is 2. The number of nitrogens with two attached hydrogens (primary N) is 1. The second-order valence-electron chi connectivity index (χ2n) is 4.74. The zero-order valence-electron chi connectivity index (χ0n) is 10.2. The van der Waals surface area contributed by atoms with Crippen LogP contribution in [0.25, 0.3) is 0 Å². The molecule has 96 valence electrons. The summed E-state index contributed by atoms with van der Waals surface area (Å²) in [6, 6.07) is 0. The molecule has 1 aliphatic heterocycles. The van der Waals surface area contributed by atoms with Gasteiger partial charge in [-0.1, -0.05) is 0 Å². The van der Waals surface area contributed by atoms with Crippen molar-refractivity contribution in [3.05, 3.63) is 0 Å². The molecular formula is C12H24FNO2. The number of methoxy groups -OCH3 is 1.